The summed E-state index contributed by atoms with van der Waals surface area (Å²) in [5, 5.41) is 0. The van der Waals surface area contributed by atoms with Crippen LogP contribution in [0.5, 0.6) is 0 Å². The molecule has 0 amide bonds. The molecule has 0 heterocycles. The number of rotatable bonds is 6. The van der Waals surface area contributed by atoms with Crippen molar-refractivity contribution in [1.82, 2.24) is 0 Å². The molecule has 22 heavy (non-hydrogen) atoms. The van der Waals surface area contributed by atoms with E-state index < -0.39 is 5.54 Å². The van der Waals surface area contributed by atoms with E-state index in [9.17, 15) is 4.79 Å². The minimum Gasteiger partial charge on any atom is -0.326 e. The Labute approximate surface area is 139 Å². The molecule has 1 atom stereocenters. The lowest BCUT2D eigenvalue weighted by atomic mass is 9.44. The third-order valence-corrected chi connectivity index (χ3v) is 8.36. The fraction of sp³-hybridized carbons (Fsp3) is 0.947. The lowest BCUT2D eigenvalue weighted by Crippen LogP contribution is -2.71. The first-order chi connectivity index (χ1) is 9.19. The van der Waals surface area contributed by atoms with Gasteiger partial charge >= 0.3 is 0 Å². The second-order valence-electron chi connectivity index (χ2n) is 10.2. The van der Waals surface area contributed by atoms with Gasteiger partial charge in [0.25, 0.3) is 0 Å². The van der Waals surface area contributed by atoms with E-state index in [1.807, 2.05) is 6.92 Å². The van der Waals surface area contributed by atoms with Crippen LogP contribution in [-0.2, 0) is 4.79 Å². The maximum atomic E-state index is 12.2. The summed E-state index contributed by atoms with van der Waals surface area (Å²) >= 11 is 0. The molecule has 0 saturated heterocycles. The lowest BCUT2D eigenvalue weighted by molar-refractivity contribution is -0.930. The van der Waals surface area contributed by atoms with Crippen LogP contribution < -0.4 is 5.73 Å². The Kier molecular flexibility index (Phi) is 5.21. The third kappa shape index (κ3) is 2.65. The molecule has 0 aromatic carbocycles. The fourth-order valence-electron chi connectivity index (χ4n) is 3.47. The van der Waals surface area contributed by atoms with Crippen molar-refractivity contribution in [2.45, 2.75) is 80.3 Å². The van der Waals surface area contributed by atoms with Gasteiger partial charge in [-0.05, 0) is 38.5 Å². The predicted octanol–water partition coefficient (Wildman–Crippen LogP) is 3.86. The molecule has 0 fully saturated rings. The van der Waals surface area contributed by atoms with Crippen molar-refractivity contribution in [2.24, 2.45) is 22.0 Å². The summed E-state index contributed by atoms with van der Waals surface area (Å²) in [4.78, 5) is 12.2. The number of nitrogens with two attached hydrogens (primary N) is 1. The molecule has 0 aromatic rings. The molecule has 0 aliphatic rings. The molecule has 0 aliphatic heterocycles. The number of hydrogen-bond acceptors (Lipinski definition) is 2. The highest BCUT2D eigenvalue weighted by Gasteiger charge is 2.63. The van der Waals surface area contributed by atoms with Crippen LogP contribution >= 0.6 is 0 Å². The van der Waals surface area contributed by atoms with Gasteiger partial charge < -0.3 is 10.2 Å². The molecule has 1 unspecified atom stereocenters. The van der Waals surface area contributed by atoms with Crippen molar-refractivity contribution >= 4 is 5.78 Å². The van der Waals surface area contributed by atoms with Gasteiger partial charge in [0, 0.05) is 5.41 Å². The first-order valence-electron chi connectivity index (χ1n) is 8.31. The van der Waals surface area contributed by atoms with Crippen molar-refractivity contribution in [3.8, 4) is 0 Å². The highest BCUT2D eigenvalue weighted by atomic mass is 16.1. The molecular formula is C19H41N2O+. The van der Waals surface area contributed by atoms with E-state index in [4.69, 9.17) is 5.73 Å². The molecule has 0 spiro atoms. The molecule has 0 aromatic heterocycles. The van der Waals surface area contributed by atoms with Crippen LogP contribution in [0.4, 0.5) is 0 Å². The number of carbonyl (C=O) groups is 1. The zero-order valence-corrected chi connectivity index (χ0v) is 17.4. The maximum absolute atomic E-state index is 12.2. The van der Waals surface area contributed by atoms with Gasteiger partial charge in [-0.2, -0.15) is 0 Å². The largest absolute Gasteiger partial charge is 0.326 e. The van der Waals surface area contributed by atoms with Gasteiger partial charge in [-0.25, -0.2) is 0 Å². The van der Waals surface area contributed by atoms with E-state index in [0.29, 0.717) is 0 Å². The summed E-state index contributed by atoms with van der Waals surface area (Å²) in [7, 11) is 6.70. The molecule has 0 saturated carbocycles. The minimum absolute atomic E-state index is 0.000634. The van der Waals surface area contributed by atoms with Crippen LogP contribution in [0, 0.1) is 16.2 Å². The van der Waals surface area contributed by atoms with Crippen LogP contribution in [-0.4, -0.2) is 42.5 Å². The van der Waals surface area contributed by atoms with Gasteiger partial charge in [0.05, 0.1) is 32.2 Å². The van der Waals surface area contributed by atoms with Gasteiger partial charge in [-0.3, -0.25) is 4.79 Å². The number of ketones is 1. The van der Waals surface area contributed by atoms with E-state index in [1.54, 1.807) is 6.92 Å². The second kappa shape index (κ2) is 5.31. The fourth-order valence-corrected chi connectivity index (χ4v) is 3.47. The van der Waals surface area contributed by atoms with Gasteiger partial charge in [-0.1, -0.05) is 41.5 Å². The Morgan fingerprint density at radius 1 is 0.727 bits per heavy atom. The Morgan fingerprint density at radius 2 is 1.05 bits per heavy atom. The normalized spacial score (nSPS) is 18.1. The summed E-state index contributed by atoms with van der Waals surface area (Å²) in [5.74, 6) is 0.0458. The lowest BCUT2D eigenvalue weighted by Gasteiger charge is -2.64. The number of hydrogen-bond donors (Lipinski definition) is 1. The van der Waals surface area contributed by atoms with Crippen molar-refractivity contribution < 1.29 is 9.28 Å². The van der Waals surface area contributed by atoms with Gasteiger partial charge in [0.2, 0.25) is 0 Å². The van der Waals surface area contributed by atoms with E-state index in [-0.39, 0.29) is 27.6 Å². The predicted molar refractivity (Wildman–Crippen MR) is 96.7 cm³/mol. The van der Waals surface area contributed by atoms with E-state index in [0.717, 1.165) is 4.48 Å². The minimum atomic E-state index is -0.866. The number of Topliss-reactive ketones (excluding diaryl/α,β-unsaturated/α-hetero) is 1. The Morgan fingerprint density at radius 3 is 1.27 bits per heavy atom. The monoisotopic (exact) mass is 313 g/mol. The molecule has 3 heteroatoms. The Balaban J connectivity index is 6.29. The summed E-state index contributed by atoms with van der Waals surface area (Å²) in [6, 6.07) is 0. The highest BCUT2D eigenvalue weighted by Crippen LogP contribution is 2.60. The maximum Gasteiger partial charge on any atom is 0.149 e. The van der Waals surface area contributed by atoms with Gasteiger partial charge in [0.15, 0.2) is 0 Å². The van der Waals surface area contributed by atoms with Crippen LogP contribution in [0.15, 0.2) is 0 Å². The number of quaternary nitrogens is 1. The summed E-state index contributed by atoms with van der Waals surface area (Å²) in [6.07, 6.45) is 0. The van der Waals surface area contributed by atoms with Crippen molar-refractivity contribution in [3.05, 3.63) is 0 Å². The number of carbonyl (C=O) groups excluding carboxylic acids is 1. The second-order valence-corrected chi connectivity index (χ2v) is 10.2. The summed E-state index contributed by atoms with van der Waals surface area (Å²) in [6.45, 7) is 21.5. The number of nitrogens with zero attached hydrogens (tertiary/aromatic N) is 1. The molecule has 0 radical (unpaired) electrons. The molecule has 2 N–H and O–H groups in total. The van der Waals surface area contributed by atoms with E-state index in [2.05, 4.69) is 76.5 Å². The molecule has 0 bridgehead atoms. The quantitative estimate of drug-likeness (QED) is 0.757. The third-order valence-electron chi connectivity index (χ3n) is 8.36. The molecule has 0 aliphatic carbocycles. The van der Waals surface area contributed by atoms with Crippen LogP contribution in [0.2, 0.25) is 0 Å². The zero-order valence-electron chi connectivity index (χ0n) is 17.4. The summed E-state index contributed by atoms with van der Waals surface area (Å²) in [5.41, 5.74) is 5.07. The van der Waals surface area contributed by atoms with E-state index in [1.165, 1.54) is 0 Å². The summed E-state index contributed by atoms with van der Waals surface area (Å²) < 4.78 is 0.848. The van der Waals surface area contributed by atoms with Gasteiger partial charge in [-0.15, -0.1) is 0 Å². The Bertz CT molecular complexity index is 435. The molecule has 3 nitrogen and oxygen atoms in total. The van der Waals surface area contributed by atoms with Crippen molar-refractivity contribution in [1.29, 1.82) is 0 Å². The SMILES string of the molecule is CC(=O)C(C)(N)C(C)(C)C(C)(C)C(C)(C)C(C)(C)[N+](C)(C)C. The Hall–Kier alpha value is -0.410. The highest BCUT2D eigenvalue weighted by molar-refractivity contribution is 5.86. The van der Waals surface area contributed by atoms with E-state index >= 15 is 0 Å². The molecule has 0 rings (SSSR count). The smallest absolute Gasteiger partial charge is 0.149 e. The van der Waals surface area contributed by atoms with Crippen molar-refractivity contribution in [2.75, 3.05) is 21.1 Å². The topological polar surface area (TPSA) is 43.1 Å². The molecule has 132 valence electrons. The zero-order chi connectivity index (χ0) is 18.6. The molecular weight excluding hydrogens is 272 g/mol. The van der Waals surface area contributed by atoms with Gasteiger partial charge in [0.1, 0.15) is 5.78 Å². The average Bonchev–Trinajstić information content (AvgIpc) is 2.25. The van der Waals surface area contributed by atoms with Crippen molar-refractivity contribution in [3.63, 3.8) is 0 Å². The standard InChI is InChI=1S/C19H41N2O/c1-14(22)19(10,20)17(6,7)15(2,3)16(4,5)18(8,9)21(11,12)13/h20H2,1-13H3/q+1. The first kappa shape index (κ1) is 21.6. The van der Waals surface area contributed by atoms with Crippen LogP contribution in [0.25, 0.3) is 0 Å². The first-order valence-corrected chi connectivity index (χ1v) is 8.31. The average molecular weight is 314 g/mol. The van der Waals surface area contributed by atoms with Crippen LogP contribution in [0.3, 0.4) is 0 Å². The van der Waals surface area contributed by atoms with Crippen LogP contribution in [0.1, 0.15) is 69.2 Å².